The highest BCUT2D eigenvalue weighted by Gasteiger charge is 2.30. The van der Waals surface area contributed by atoms with E-state index < -0.39 is 9.84 Å². The van der Waals surface area contributed by atoms with Gasteiger partial charge in [-0.2, -0.15) is 0 Å². The Morgan fingerprint density at radius 3 is 3.00 bits per heavy atom. The Hall–Kier alpha value is -1.37. The number of carbonyl (C=O) groups is 1. The molecule has 7 heteroatoms. The van der Waals surface area contributed by atoms with Crippen LogP contribution in [0.5, 0.6) is 0 Å². The Bertz CT molecular complexity index is 650. The largest absolute Gasteiger partial charge is 0.352 e. The van der Waals surface area contributed by atoms with Crippen LogP contribution in [-0.4, -0.2) is 41.4 Å². The van der Waals surface area contributed by atoms with E-state index in [1.165, 1.54) is 0 Å². The maximum atomic E-state index is 12.1. The van der Waals surface area contributed by atoms with E-state index in [1.807, 2.05) is 13.1 Å². The zero-order valence-electron chi connectivity index (χ0n) is 12.2. The van der Waals surface area contributed by atoms with Crippen LogP contribution in [0.2, 0.25) is 0 Å². The summed E-state index contributed by atoms with van der Waals surface area (Å²) in [7, 11) is -2.90. The van der Waals surface area contributed by atoms with Crippen LogP contribution in [0.15, 0.2) is 6.20 Å². The summed E-state index contributed by atoms with van der Waals surface area (Å²) in [4.78, 5) is 16.5. The third-order valence-corrected chi connectivity index (χ3v) is 6.12. The van der Waals surface area contributed by atoms with Gasteiger partial charge in [0.1, 0.15) is 5.82 Å². The molecule has 2 aliphatic heterocycles. The van der Waals surface area contributed by atoms with Crippen molar-refractivity contribution in [2.75, 3.05) is 11.5 Å². The van der Waals surface area contributed by atoms with E-state index >= 15 is 0 Å². The SMILES string of the molecule is Cc1cn2c(n1)CCC(NC(=O)CC1CCS(=O)(=O)C1)C2. The highest BCUT2D eigenvalue weighted by molar-refractivity contribution is 7.91. The number of fused-ring (bicyclic) bond motifs is 1. The van der Waals surface area contributed by atoms with Gasteiger partial charge in [-0.1, -0.05) is 0 Å². The Balaban J connectivity index is 1.52. The van der Waals surface area contributed by atoms with Crippen molar-refractivity contribution < 1.29 is 13.2 Å². The zero-order valence-corrected chi connectivity index (χ0v) is 13.0. The average Bonchev–Trinajstić information content (AvgIpc) is 2.90. The van der Waals surface area contributed by atoms with E-state index in [-0.39, 0.29) is 29.4 Å². The molecule has 1 fully saturated rings. The first-order valence-electron chi connectivity index (χ1n) is 7.44. The Morgan fingerprint density at radius 1 is 1.48 bits per heavy atom. The molecule has 2 atom stereocenters. The molecule has 3 rings (SSSR count). The average molecular weight is 311 g/mol. The van der Waals surface area contributed by atoms with E-state index in [2.05, 4.69) is 14.9 Å². The van der Waals surface area contributed by atoms with Crippen LogP contribution >= 0.6 is 0 Å². The van der Waals surface area contributed by atoms with Gasteiger partial charge in [-0.25, -0.2) is 13.4 Å². The van der Waals surface area contributed by atoms with Crippen molar-refractivity contribution in [2.45, 2.75) is 45.2 Å². The second-order valence-corrected chi connectivity index (χ2v) is 8.46. The van der Waals surface area contributed by atoms with Crippen molar-refractivity contribution in [3.8, 4) is 0 Å². The number of hydrogen-bond donors (Lipinski definition) is 1. The summed E-state index contributed by atoms with van der Waals surface area (Å²) in [6.45, 7) is 2.73. The van der Waals surface area contributed by atoms with Gasteiger partial charge >= 0.3 is 0 Å². The summed E-state index contributed by atoms with van der Waals surface area (Å²) in [5, 5.41) is 3.04. The summed E-state index contributed by atoms with van der Waals surface area (Å²) in [6.07, 6.45) is 4.72. The molecule has 0 bridgehead atoms. The molecule has 0 aliphatic carbocycles. The highest BCUT2D eigenvalue weighted by Crippen LogP contribution is 2.22. The van der Waals surface area contributed by atoms with Gasteiger partial charge in [0, 0.05) is 31.6 Å². The van der Waals surface area contributed by atoms with Gasteiger partial charge in [0.05, 0.1) is 17.2 Å². The number of aromatic nitrogens is 2. The van der Waals surface area contributed by atoms with Crippen LogP contribution in [0.1, 0.15) is 30.8 Å². The summed E-state index contributed by atoms with van der Waals surface area (Å²) in [6, 6.07) is 0.122. The molecule has 0 radical (unpaired) electrons. The first kappa shape index (κ1) is 14.6. The second-order valence-electron chi connectivity index (χ2n) is 6.23. The number of hydrogen-bond acceptors (Lipinski definition) is 4. The fourth-order valence-electron chi connectivity index (χ4n) is 3.29. The molecule has 0 spiro atoms. The highest BCUT2D eigenvalue weighted by atomic mass is 32.2. The first-order chi connectivity index (χ1) is 9.91. The van der Waals surface area contributed by atoms with Gasteiger partial charge in [-0.15, -0.1) is 0 Å². The smallest absolute Gasteiger partial charge is 0.220 e. The monoisotopic (exact) mass is 311 g/mol. The number of rotatable bonds is 3. The number of imidazole rings is 1. The molecule has 6 nitrogen and oxygen atoms in total. The van der Waals surface area contributed by atoms with Crippen LogP contribution < -0.4 is 5.32 Å². The predicted molar refractivity (Wildman–Crippen MR) is 78.6 cm³/mol. The third-order valence-electron chi connectivity index (χ3n) is 4.28. The lowest BCUT2D eigenvalue weighted by atomic mass is 10.0. The Labute approximate surface area is 124 Å². The number of aryl methyl sites for hydroxylation is 2. The van der Waals surface area contributed by atoms with E-state index in [0.29, 0.717) is 12.8 Å². The summed E-state index contributed by atoms with van der Waals surface area (Å²) in [5.41, 5.74) is 1.01. The van der Waals surface area contributed by atoms with E-state index in [1.54, 1.807) is 0 Å². The molecular formula is C14H21N3O3S. The molecular weight excluding hydrogens is 290 g/mol. The zero-order chi connectivity index (χ0) is 15.0. The maximum Gasteiger partial charge on any atom is 0.220 e. The molecule has 1 saturated heterocycles. The van der Waals surface area contributed by atoms with Gasteiger partial charge in [-0.05, 0) is 25.7 Å². The number of nitrogens with one attached hydrogen (secondary N) is 1. The molecule has 1 N–H and O–H groups in total. The normalized spacial score (nSPS) is 27.3. The minimum absolute atomic E-state index is 0.00959. The number of nitrogens with zero attached hydrogens (tertiary/aromatic N) is 2. The quantitative estimate of drug-likeness (QED) is 0.878. The third kappa shape index (κ3) is 3.45. The van der Waals surface area contributed by atoms with Gasteiger partial charge in [0.2, 0.25) is 5.91 Å². The molecule has 1 aromatic rings. The van der Waals surface area contributed by atoms with Crippen molar-refractivity contribution in [2.24, 2.45) is 5.92 Å². The van der Waals surface area contributed by atoms with Crippen LogP contribution in [-0.2, 0) is 27.6 Å². The van der Waals surface area contributed by atoms with Gasteiger partial charge in [-0.3, -0.25) is 4.79 Å². The minimum Gasteiger partial charge on any atom is -0.352 e. The molecule has 1 aromatic heterocycles. The molecule has 21 heavy (non-hydrogen) atoms. The number of amides is 1. The number of sulfone groups is 1. The molecule has 3 heterocycles. The topological polar surface area (TPSA) is 81.1 Å². The van der Waals surface area contributed by atoms with E-state index in [0.717, 1.165) is 30.9 Å². The lowest BCUT2D eigenvalue weighted by Gasteiger charge is -2.25. The van der Waals surface area contributed by atoms with Crippen LogP contribution in [0, 0.1) is 12.8 Å². The van der Waals surface area contributed by atoms with E-state index in [9.17, 15) is 13.2 Å². The second kappa shape index (κ2) is 5.44. The van der Waals surface area contributed by atoms with Gasteiger partial charge in [0.15, 0.2) is 9.84 Å². The Morgan fingerprint density at radius 2 is 2.29 bits per heavy atom. The molecule has 2 aliphatic rings. The van der Waals surface area contributed by atoms with Crippen molar-refractivity contribution in [3.05, 3.63) is 17.7 Å². The van der Waals surface area contributed by atoms with Crippen molar-refractivity contribution >= 4 is 15.7 Å². The lowest BCUT2D eigenvalue weighted by molar-refractivity contribution is -0.122. The Kier molecular flexibility index (Phi) is 3.77. The summed E-state index contributed by atoms with van der Waals surface area (Å²) < 4.78 is 24.9. The van der Waals surface area contributed by atoms with Crippen LogP contribution in [0.4, 0.5) is 0 Å². The molecule has 0 aromatic carbocycles. The lowest BCUT2D eigenvalue weighted by Crippen LogP contribution is -2.41. The minimum atomic E-state index is -2.90. The fourth-order valence-corrected chi connectivity index (χ4v) is 5.15. The first-order valence-corrected chi connectivity index (χ1v) is 9.26. The fraction of sp³-hybridized carbons (Fsp3) is 0.714. The molecule has 1 amide bonds. The summed E-state index contributed by atoms with van der Waals surface area (Å²) in [5.74, 6) is 1.44. The van der Waals surface area contributed by atoms with Crippen molar-refractivity contribution in [1.82, 2.24) is 14.9 Å². The standard InChI is InChI=1S/C14H21N3O3S/c1-10-7-17-8-12(2-3-13(17)15-10)16-14(18)6-11-4-5-21(19,20)9-11/h7,11-12H,2-6,8-9H2,1H3,(H,16,18). The molecule has 0 saturated carbocycles. The molecule has 116 valence electrons. The summed E-state index contributed by atoms with van der Waals surface area (Å²) >= 11 is 0. The van der Waals surface area contributed by atoms with Gasteiger partial charge in [0.25, 0.3) is 0 Å². The van der Waals surface area contributed by atoms with Crippen LogP contribution in [0.3, 0.4) is 0 Å². The van der Waals surface area contributed by atoms with Gasteiger partial charge < -0.3 is 9.88 Å². The predicted octanol–water partition coefficient (Wildman–Crippen LogP) is 0.447. The maximum absolute atomic E-state index is 12.1. The number of carbonyl (C=O) groups excluding carboxylic acids is 1. The van der Waals surface area contributed by atoms with E-state index in [4.69, 9.17) is 0 Å². The van der Waals surface area contributed by atoms with Crippen molar-refractivity contribution in [1.29, 1.82) is 0 Å². The molecule has 2 unspecified atom stereocenters. The van der Waals surface area contributed by atoms with Crippen LogP contribution in [0.25, 0.3) is 0 Å². The van der Waals surface area contributed by atoms with Crippen molar-refractivity contribution in [3.63, 3.8) is 0 Å².